The summed E-state index contributed by atoms with van der Waals surface area (Å²) in [6.45, 7) is 2.77. The third kappa shape index (κ3) is 3.29. The van der Waals surface area contributed by atoms with E-state index in [1.165, 1.54) is 0 Å². The van der Waals surface area contributed by atoms with Crippen molar-refractivity contribution < 1.29 is 9.59 Å². The topological polar surface area (TPSA) is 49.4 Å². The highest BCUT2D eigenvalue weighted by atomic mass is 35.5. The van der Waals surface area contributed by atoms with Crippen LogP contribution in [0.15, 0.2) is 48.5 Å². The fraction of sp³-hybridized carbons (Fsp3) is 0.263. The SMILES string of the molecule is CCN1C(=O)Cc2ccccc2[C@H]1C(=O)NCc1cccc(Cl)c1. The van der Waals surface area contributed by atoms with Gasteiger partial charge in [-0.25, -0.2) is 0 Å². The standard InChI is InChI=1S/C19H19ClN2O2/c1-2-22-17(23)11-14-7-3-4-9-16(14)18(22)19(24)21-12-13-6-5-8-15(20)10-13/h3-10,18H,2,11-12H2,1H3,(H,21,24)/t18-/m0/s1. The molecule has 1 heterocycles. The van der Waals surface area contributed by atoms with Gasteiger partial charge in [-0.2, -0.15) is 0 Å². The lowest BCUT2D eigenvalue weighted by Gasteiger charge is -2.35. The second kappa shape index (κ2) is 7.05. The third-order valence-electron chi connectivity index (χ3n) is 4.27. The molecule has 3 rings (SSSR count). The maximum Gasteiger partial charge on any atom is 0.247 e. The largest absolute Gasteiger partial charge is 0.350 e. The molecule has 0 aliphatic carbocycles. The van der Waals surface area contributed by atoms with E-state index in [-0.39, 0.29) is 11.8 Å². The van der Waals surface area contributed by atoms with E-state index in [9.17, 15) is 9.59 Å². The smallest absolute Gasteiger partial charge is 0.247 e. The maximum atomic E-state index is 12.8. The molecular weight excluding hydrogens is 324 g/mol. The Hall–Kier alpha value is -2.33. The number of amides is 2. The molecule has 0 unspecified atom stereocenters. The molecule has 0 spiro atoms. The molecule has 4 nitrogen and oxygen atoms in total. The van der Waals surface area contributed by atoms with Crippen LogP contribution < -0.4 is 5.32 Å². The molecule has 0 saturated carbocycles. The van der Waals surface area contributed by atoms with Gasteiger partial charge in [-0.05, 0) is 35.7 Å². The maximum absolute atomic E-state index is 12.8. The number of nitrogens with zero attached hydrogens (tertiary/aromatic N) is 1. The number of hydrogen-bond acceptors (Lipinski definition) is 2. The lowest BCUT2D eigenvalue weighted by molar-refractivity contribution is -0.141. The quantitative estimate of drug-likeness (QED) is 0.928. The predicted octanol–water partition coefficient (Wildman–Crippen LogP) is 3.10. The normalized spacial score (nSPS) is 16.7. The Labute approximate surface area is 146 Å². The number of nitrogens with one attached hydrogen (secondary N) is 1. The summed E-state index contributed by atoms with van der Waals surface area (Å²) in [4.78, 5) is 26.8. The molecule has 0 bridgehead atoms. The monoisotopic (exact) mass is 342 g/mol. The molecule has 24 heavy (non-hydrogen) atoms. The Bertz CT molecular complexity index is 775. The lowest BCUT2D eigenvalue weighted by atomic mass is 9.91. The van der Waals surface area contributed by atoms with Gasteiger partial charge in [-0.1, -0.05) is 48.0 Å². The van der Waals surface area contributed by atoms with E-state index >= 15 is 0 Å². The minimum absolute atomic E-state index is 0.0147. The van der Waals surface area contributed by atoms with Gasteiger partial charge in [-0.15, -0.1) is 0 Å². The van der Waals surface area contributed by atoms with Gasteiger partial charge in [0, 0.05) is 18.1 Å². The number of halogens is 1. The van der Waals surface area contributed by atoms with Crippen molar-refractivity contribution in [2.45, 2.75) is 25.9 Å². The number of hydrogen-bond donors (Lipinski definition) is 1. The molecule has 5 heteroatoms. The van der Waals surface area contributed by atoms with Crippen LogP contribution in [0.2, 0.25) is 5.02 Å². The van der Waals surface area contributed by atoms with Gasteiger partial charge in [0.15, 0.2) is 0 Å². The van der Waals surface area contributed by atoms with Crippen LogP contribution in [0.3, 0.4) is 0 Å². The molecule has 0 saturated heterocycles. The van der Waals surface area contributed by atoms with Crippen molar-refractivity contribution in [3.05, 3.63) is 70.2 Å². The second-order valence-electron chi connectivity index (χ2n) is 5.81. The highest BCUT2D eigenvalue weighted by Gasteiger charge is 2.35. The summed E-state index contributed by atoms with van der Waals surface area (Å²) in [5.41, 5.74) is 2.76. The molecule has 2 aromatic rings. The Kier molecular flexibility index (Phi) is 4.86. The van der Waals surface area contributed by atoms with E-state index in [2.05, 4.69) is 5.32 Å². The number of rotatable bonds is 4. The van der Waals surface area contributed by atoms with Gasteiger partial charge in [-0.3, -0.25) is 9.59 Å². The van der Waals surface area contributed by atoms with E-state index in [1.54, 1.807) is 11.0 Å². The molecule has 0 fully saturated rings. The summed E-state index contributed by atoms with van der Waals surface area (Å²) in [7, 11) is 0. The molecule has 1 aliphatic rings. The molecule has 1 aliphatic heterocycles. The van der Waals surface area contributed by atoms with Crippen LogP contribution in [0.1, 0.15) is 29.7 Å². The Balaban J connectivity index is 1.82. The summed E-state index contributed by atoms with van der Waals surface area (Å²) >= 11 is 5.97. The van der Waals surface area contributed by atoms with Crippen molar-refractivity contribution in [2.75, 3.05) is 6.54 Å². The van der Waals surface area contributed by atoms with Crippen LogP contribution >= 0.6 is 11.6 Å². The number of benzene rings is 2. The number of carbonyl (C=O) groups is 2. The van der Waals surface area contributed by atoms with E-state index in [1.807, 2.05) is 49.4 Å². The van der Waals surface area contributed by atoms with Crippen molar-refractivity contribution in [3.8, 4) is 0 Å². The van der Waals surface area contributed by atoms with Crippen LogP contribution in [0, 0.1) is 0 Å². The highest BCUT2D eigenvalue weighted by Crippen LogP contribution is 2.30. The van der Waals surface area contributed by atoms with E-state index in [0.29, 0.717) is 24.5 Å². The van der Waals surface area contributed by atoms with Gasteiger partial charge < -0.3 is 10.2 Å². The van der Waals surface area contributed by atoms with Gasteiger partial charge in [0.25, 0.3) is 0 Å². The first-order valence-electron chi connectivity index (χ1n) is 7.99. The van der Waals surface area contributed by atoms with Crippen molar-refractivity contribution >= 4 is 23.4 Å². The predicted molar refractivity (Wildman–Crippen MR) is 93.6 cm³/mol. The summed E-state index contributed by atoms with van der Waals surface area (Å²) in [5.74, 6) is -0.184. The van der Waals surface area contributed by atoms with Crippen LogP contribution in [0.4, 0.5) is 0 Å². The zero-order valence-electron chi connectivity index (χ0n) is 13.5. The van der Waals surface area contributed by atoms with Crippen molar-refractivity contribution in [3.63, 3.8) is 0 Å². The molecule has 2 aromatic carbocycles. The lowest BCUT2D eigenvalue weighted by Crippen LogP contribution is -2.47. The fourth-order valence-electron chi connectivity index (χ4n) is 3.11. The summed E-state index contributed by atoms with van der Waals surface area (Å²) in [6, 6.07) is 14.4. The van der Waals surface area contributed by atoms with Gasteiger partial charge in [0.05, 0.1) is 6.42 Å². The minimum atomic E-state index is -0.577. The molecule has 2 amide bonds. The highest BCUT2D eigenvalue weighted by molar-refractivity contribution is 6.30. The zero-order valence-corrected chi connectivity index (χ0v) is 14.2. The third-order valence-corrected chi connectivity index (χ3v) is 4.50. The van der Waals surface area contributed by atoms with Crippen LogP contribution in [-0.4, -0.2) is 23.3 Å². The Morgan fingerprint density at radius 3 is 2.79 bits per heavy atom. The Morgan fingerprint density at radius 2 is 2.04 bits per heavy atom. The van der Waals surface area contributed by atoms with Gasteiger partial charge in [0.1, 0.15) is 6.04 Å². The first-order valence-corrected chi connectivity index (χ1v) is 8.37. The molecule has 0 aromatic heterocycles. The van der Waals surface area contributed by atoms with E-state index in [4.69, 9.17) is 11.6 Å². The fourth-order valence-corrected chi connectivity index (χ4v) is 3.33. The molecule has 1 atom stereocenters. The van der Waals surface area contributed by atoms with Gasteiger partial charge >= 0.3 is 0 Å². The summed E-state index contributed by atoms with van der Waals surface area (Å²) in [5, 5.41) is 3.56. The van der Waals surface area contributed by atoms with Crippen molar-refractivity contribution in [2.24, 2.45) is 0 Å². The van der Waals surface area contributed by atoms with Crippen LogP contribution in [0.5, 0.6) is 0 Å². The van der Waals surface area contributed by atoms with Crippen LogP contribution in [0.25, 0.3) is 0 Å². The summed E-state index contributed by atoms with van der Waals surface area (Å²) < 4.78 is 0. The first kappa shape index (κ1) is 16.5. The van der Waals surface area contributed by atoms with Crippen LogP contribution in [-0.2, 0) is 22.6 Å². The summed E-state index contributed by atoms with van der Waals surface area (Å²) in [6.07, 6.45) is 0.349. The second-order valence-corrected chi connectivity index (χ2v) is 6.24. The molecule has 0 radical (unpaired) electrons. The van der Waals surface area contributed by atoms with Crippen molar-refractivity contribution in [1.82, 2.24) is 10.2 Å². The molecule has 124 valence electrons. The minimum Gasteiger partial charge on any atom is -0.350 e. The van der Waals surface area contributed by atoms with E-state index in [0.717, 1.165) is 16.7 Å². The number of carbonyl (C=O) groups excluding carboxylic acids is 2. The van der Waals surface area contributed by atoms with E-state index < -0.39 is 6.04 Å². The van der Waals surface area contributed by atoms with Gasteiger partial charge in [0.2, 0.25) is 11.8 Å². The Morgan fingerprint density at radius 1 is 1.25 bits per heavy atom. The average molecular weight is 343 g/mol. The molecule has 1 N–H and O–H groups in total. The number of likely N-dealkylation sites (N-methyl/N-ethyl adjacent to an activating group) is 1. The van der Waals surface area contributed by atoms with Crippen molar-refractivity contribution in [1.29, 1.82) is 0 Å². The zero-order chi connectivity index (χ0) is 17.1. The number of fused-ring (bicyclic) bond motifs is 1. The first-order chi connectivity index (χ1) is 11.6. The average Bonchev–Trinajstić information content (AvgIpc) is 2.58. The molecular formula is C19H19ClN2O2.